The zero-order valence-corrected chi connectivity index (χ0v) is 23.5. The maximum Gasteiger partial charge on any atom is 0.315 e. The molecule has 0 aromatic heterocycles. The molecule has 0 saturated heterocycles. The summed E-state index contributed by atoms with van der Waals surface area (Å²) in [4.78, 5) is 13.4. The molecule has 0 spiro atoms. The van der Waals surface area contributed by atoms with E-state index >= 15 is 0 Å². The molecular formula is C31H50O4. The summed E-state index contributed by atoms with van der Waals surface area (Å²) >= 11 is 0. The second-order valence-corrected chi connectivity index (χ2v) is 15.3. The molecule has 35 heavy (non-hydrogen) atoms. The Labute approximate surface area is 213 Å². The summed E-state index contributed by atoms with van der Waals surface area (Å²) in [7, 11) is 1.49. The van der Waals surface area contributed by atoms with Crippen LogP contribution in [0.3, 0.4) is 0 Å². The first kappa shape index (κ1) is 25.8. The molecule has 0 heterocycles. The van der Waals surface area contributed by atoms with Crippen LogP contribution < -0.4 is 0 Å². The van der Waals surface area contributed by atoms with Gasteiger partial charge in [-0.25, -0.2) is 0 Å². The fourth-order valence-corrected chi connectivity index (χ4v) is 11.0. The summed E-state index contributed by atoms with van der Waals surface area (Å²) in [5.74, 6) is 0.935. The first-order chi connectivity index (χ1) is 16.1. The zero-order valence-electron chi connectivity index (χ0n) is 23.5. The standard InChI is InChI=1S/C31H50O4/c1-26(2)17-20-19-9-10-22-28(5)13-12-23(32)27(3,4)21(28)11-14-30(22,7)29(19,6)15-16-31(20,24(33)18-26)25(34)35-8/h9,20-24,32-33H,10-18H2,1-8H3/t20-,21-,22+,23-,24+,28-,29+,30+,31-/m0/s1. The normalized spacial score (nSPS) is 52.2. The Balaban J connectivity index is 1.62. The van der Waals surface area contributed by atoms with E-state index in [2.05, 4.69) is 54.5 Å². The van der Waals surface area contributed by atoms with Crippen LogP contribution in [0.4, 0.5) is 0 Å². The summed E-state index contributed by atoms with van der Waals surface area (Å²) in [6.45, 7) is 16.7. The van der Waals surface area contributed by atoms with Crippen molar-refractivity contribution in [1.82, 2.24) is 0 Å². The van der Waals surface area contributed by atoms with Crippen molar-refractivity contribution in [1.29, 1.82) is 0 Å². The first-order valence-corrected chi connectivity index (χ1v) is 14.3. The van der Waals surface area contributed by atoms with Gasteiger partial charge in [0.15, 0.2) is 0 Å². The van der Waals surface area contributed by atoms with E-state index in [9.17, 15) is 15.0 Å². The molecule has 4 nitrogen and oxygen atoms in total. The van der Waals surface area contributed by atoms with Crippen LogP contribution in [0.2, 0.25) is 0 Å². The third-order valence-corrected chi connectivity index (χ3v) is 13.2. The summed E-state index contributed by atoms with van der Waals surface area (Å²) in [6, 6.07) is 0. The molecule has 9 atom stereocenters. The number of carbonyl (C=O) groups is 1. The van der Waals surface area contributed by atoms with Gasteiger partial charge in [0.1, 0.15) is 5.41 Å². The molecule has 198 valence electrons. The predicted octanol–water partition coefficient (Wildman–Crippen LogP) is 6.29. The molecular weight excluding hydrogens is 436 g/mol. The van der Waals surface area contributed by atoms with Gasteiger partial charge in [0, 0.05) is 0 Å². The number of allylic oxidation sites excluding steroid dienone is 2. The zero-order chi connectivity index (χ0) is 25.8. The lowest BCUT2D eigenvalue weighted by molar-refractivity contribution is -0.213. The Hall–Kier alpha value is -0.870. The van der Waals surface area contributed by atoms with Crippen LogP contribution in [0.5, 0.6) is 0 Å². The third-order valence-electron chi connectivity index (χ3n) is 13.2. The number of carbonyl (C=O) groups excluding carboxylic acids is 1. The molecule has 2 N–H and O–H groups in total. The molecule has 0 unspecified atom stereocenters. The lowest BCUT2D eigenvalue weighted by Crippen LogP contribution is -2.66. The SMILES string of the molecule is COC(=O)[C@@]12CC[C@]3(C)C(=CC[C@@H]4[C@@]5(C)CC[C@H](O)C(C)(C)[C@@H]5CC[C@]43C)[C@@H]1CC(C)(C)C[C@H]2O. The molecule has 5 rings (SSSR count). The molecule has 0 bridgehead atoms. The van der Waals surface area contributed by atoms with Crippen molar-refractivity contribution in [2.24, 2.45) is 50.2 Å². The fourth-order valence-electron chi connectivity index (χ4n) is 11.0. The second-order valence-electron chi connectivity index (χ2n) is 15.3. The molecule has 4 fully saturated rings. The van der Waals surface area contributed by atoms with Crippen molar-refractivity contribution in [2.45, 2.75) is 118 Å². The van der Waals surface area contributed by atoms with Crippen molar-refractivity contribution in [3.8, 4) is 0 Å². The van der Waals surface area contributed by atoms with E-state index < -0.39 is 11.5 Å². The van der Waals surface area contributed by atoms with Crippen molar-refractivity contribution >= 4 is 5.97 Å². The third kappa shape index (κ3) is 3.08. The molecule has 0 amide bonds. The van der Waals surface area contributed by atoms with Gasteiger partial charge in [-0.05, 0) is 103 Å². The smallest absolute Gasteiger partial charge is 0.315 e. The van der Waals surface area contributed by atoms with Gasteiger partial charge in [0.05, 0.1) is 19.3 Å². The second kappa shape index (κ2) is 7.59. The van der Waals surface area contributed by atoms with Gasteiger partial charge in [-0.3, -0.25) is 4.79 Å². The number of aliphatic hydroxyl groups excluding tert-OH is 2. The highest BCUT2D eigenvalue weighted by Crippen LogP contribution is 2.75. The maximum absolute atomic E-state index is 13.4. The van der Waals surface area contributed by atoms with Crippen molar-refractivity contribution in [3.63, 3.8) is 0 Å². The Morgan fingerprint density at radius 3 is 2.23 bits per heavy atom. The molecule has 5 aliphatic rings. The number of hydrogen-bond acceptors (Lipinski definition) is 4. The molecule has 0 radical (unpaired) electrons. The first-order valence-electron chi connectivity index (χ1n) is 14.3. The Kier molecular flexibility index (Phi) is 5.59. The van der Waals surface area contributed by atoms with E-state index in [1.807, 2.05) is 0 Å². The van der Waals surface area contributed by atoms with E-state index in [-0.39, 0.29) is 45.1 Å². The van der Waals surface area contributed by atoms with Gasteiger partial charge < -0.3 is 14.9 Å². The maximum atomic E-state index is 13.4. The van der Waals surface area contributed by atoms with Crippen LogP contribution in [0.15, 0.2) is 11.6 Å². The Morgan fingerprint density at radius 2 is 1.57 bits per heavy atom. The topological polar surface area (TPSA) is 66.8 Å². The average Bonchev–Trinajstić information content (AvgIpc) is 2.76. The minimum Gasteiger partial charge on any atom is -0.468 e. The number of methoxy groups -OCH3 is 1. The van der Waals surface area contributed by atoms with Gasteiger partial charge >= 0.3 is 5.97 Å². The number of esters is 1. The van der Waals surface area contributed by atoms with E-state index in [1.165, 1.54) is 19.1 Å². The summed E-state index contributed by atoms with van der Waals surface area (Å²) in [5, 5.41) is 22.4. The van der Waals surface area contributed by atoms with Crippen LogP contribution in [-0.4, -0.2) is 35.5 Å². The molecule has 4 saturated carbocycles. The van der Waals surface area contributed by atoms with Crippen LogP contribution in [-0.2, 0) is 9.53 Å². The summed E-state index contributed by atoms with van der Waals surface area (Å²) in [6.07, 6.45) is 10.3. The van der Waals surface area contributed by atoms with Gasteiger partial charge in [-0.15, -0.1) is 0 Å². The number of hydrogen-bond donors (Lipinski definition) is 2. The quantitative estimate of drug-likeness (QED) is 0.337. The van der Waals surface area contributed by atoms with Crippen LogP contribution in [0.25, 0.3) is 0 Å². The Bertz CT molecular complexity index is 934. The largest absolute Gasteiger partial charge is 0.468 e. The molecule has 0 aromatic carbocycles. The van der Waals surface area contributed by atoms with Gasteiger partial charge in [-0.1, -0.05) is 60.1 Å². The van der Waals surface area contributed by atoms with E-state index in [1.54, 1.807) is 0 Å². The highest BCUT2D eigenvalue weighted by Gasteiger charge is 2.70. The number of rotatable bonds is 1. The van der Waals surface area contributed by atoms with Gasteiger partial charge in [0.25, 0.3) is 0 Å². The minimum atomic E-state index is -0.809. The molecule has 0 aromatic rings. The summed E-state index contributed by atoms with van der Waals surface area (Å²) in [5.41, 5.74) is 0.945. The van der Waals surface area contributed by atoms with E-state index in [0.29, 0.717) is 24.7 Å². The fraction of sp³-hybridized carbons (Fsp3) is 0.903. The van der Waals surface area contributed by atoms with Gasteiger partial charge in [0.2, 0.25) is 0 Å². The minimum absolute atomic E-state index is 0.00831. The molecule has 0 aliphatic heterocycles. The summed E-state index contributed by atoms with van der Waals surface area (Å²) < 4.78 is 5.40. The van der Waals surface area contributed by atoms with Gasteiger partial charge in [-0.2, -0.15) is 0 Å². The van der Waals surface area contributed by atoms with Crippen LogP contribution >= 0.6 is 0 Å². The Morgan fingerprint density at radius 1 is 0.886 bits per heavy atom. The lowest BCUT2D eigenvalue weighted by Gasteiger charge is -2.71. The van der Waals surface area contributed by atoms with E-state index in [4.69, 9.17) is 4.74 Å². The lowest BCUT2D eigenvalue weighted by atomic mass is 9.33. The van der Waals surface area contributed by atoms with Crippen molar-refractivity contribution in [3.05, 3.63) is 11.6 Å². The highest BCUT2D eigenvalue weighted by atomic mass is 16.5. The number of fused-ring (bicyclic) bond motifs is 7. The van der Waals surface area contributed by atoms with E-state index in [0.717, 1.165) is 38.5 Å². The predicted molar refractivity (Wildman–Crippen MR) is 138 cm³/mol. The number of aliphatic hydroxyl groups is 2. The number of ether oxygens (including phenoxy) is 1. The molecule has 5 aliphatic carbocycles. The van der Waals surface area contributed by atoms with Crippen LogP contribution in [0, 0.1) is 50.2 Å². The molecule has 4 heteroatoms. The highest BCUT2D eigenvalue weighted by molar-refractivity contribution is 5.79. The van der Waals surface area contributed by atoms with Crippen LogP contribution in [0.1, 0.15) is 106 Å². The van der Waals surface area contributed by atoms with Crippen molar-refractivity contribution < 1.29 is 19.7 Å². The van der Waals surface area contributed by atoms with Crippen molar-refractivity contribution in [2.75, 3.05) is 7.11 Å². The average molecular weight is 487 g/mol. The monoisotopic (exact) mass is 486 g/mol.